The summed E-state index contributed by atoms with van der Waals surface area (Å²) in [6.07, 6.45) is 12.7. The van der Waals surface area contributed by atoms with Gasteiger partial charge in [0, 0.05) is 45.5 Å². The highest BCUT2D eigenvalue weighted by atomic mass is 127. The number of nitrogens with one attached hydrogen (secondary N) is 1. The van der Waals surface area contributed by atoms with E-state index in [2.05, 4.69) is 31.7 Å². The van der Waals surface area contributed by atoms with Crippen LogP contribution in [-0.4, -0.2) is 59.2 Å². The molecule has 7 nitrogen and oxygen atoms in total. The van der Waals surface area contributed by atoms with E-state index in [1.54, 1.807) is 0 Å². The molecule has 0 spiro atoms. The highest BCUT2D eigenvalue weighted by Crippen LogP contribution is 2.27. The number of piperidine rings is 1. The minimum atomic E-state index is -0.0642. The first-order valence-electron chi connectivity index (χ1n) is 10.3. The van der Waals surface area contributed by atoms with Gasteiger partial charge in [-0.3, -0.25) is 9.79 Å². The fourth-order valence-corrected chi connectivity index (χ4v) is 4.11. The van der Waals surface area contributed by atoms with Gasteiger partial charge in [0.05, 0.1) is 12.4 Å². The van der Waals surface area contributed by atoms with Gasteiger partial charge < -0.3 is 19.5 Å². The van der Waals surface area contributed by atoms with Crippen molar-refractivity contribution in [1.82, 2.24) is 19.8 Å². The van der Waals surface area contributed by atoms with Crippen molar-refractivity contribution in [3.8, 4) is 0 Å². The lowest BCUT2D eigenvalue weighted by Crippen LogP contribution is -2.49. The number of hydrogen-bond donors (Lipinski definition) is 1. The molecule has 158 valence electrons. The van der Waals surface area contributed by atoms with E-state index in [0.29, 0.717) is 18.4 Å². The van der Waals surface area contributed by atoms with Gasteiger partial charge in [-0.05, 0) is 44.4 Å². The van der Waals surface area contributed by atoms with Crippen LogP contribution in [0.3, 0.4) is 0 Å². The molecule has 0 aromatic carbocycles. The van der Waals surface area contributed by atoms with Crippen LogP contribution in [0.2, 0.25) is 0 Å². The average molecular weight is 503 g/mol. The molecule has 1 aromatic rings. The molecule has 1 saturated heterocycles. The molecule has 3 rings (SSSR count). The Morgan fingerprint density at radius 1 is 1.32 bits per heavy atom. The number of hydrogen-bond acceptors (Lipinski definition) is 4. The first-order valence-corrected chi connectivity index (χ1v) is 10.3. The smallest absolute Gasteiger partial charge is 0.306 e. The molecule has 1 saturated carbocycles. The van der Waals surface area contributed by atoms with E-state index in [0.717, 1.165) is 51.3 Å². The zero-order valence-corrected chi connectivity index (χ0v) is 19.4. The normalized spacial score (nSPS) is 23.4. The molecule has 1 N–H and O–H groups in total. The molecule has 1 aromatic heterocycles. The second-order valence-corrected chi connectivity index (χ2v) is 7.76. The quantitative estimate of drug-likeness (QED) is 0.212. The molecule has 1 aliphatic heterocycles. The Labute approximate surface area is 185 Å². The van der Waals surface area contributed by atoms with Gasteiger partial charge in [0.1, 0.15) is 6.10 Å². The van der Waals surface area contributed by atoms with E-state index < -0.39 is 0 Å². The summed E-state index contributed by atoms with van der Waals surface area (Å²) in [6, 6.07) is 0.404. The summed E-state index contributed by atoms with van der Waals surface area (Å²) in [5.74, 6) is 1.46. The van der Waals surface area contributed by atoms with Gasteiger partial charge in [-0.15, -0.1) is 24.0 Å². The highest BCUT2D eigenvalue weighted by Gasteiger charge is 2.28. The van der Waals surface area contributed by atoms with Gasteiger partial charge in [0.2, 0.25) is 0 Å². The number of carbonyl (C=O) groups excluding carboxylic acids is 1. The molecule has 2 unspecified atom stereocenters. The van der Waals surface area contributed by atoms with E-state index in [-0.39, 0.29) is 36.0 Å². The third-order valence-electron chi connectivity index (χ3n) is 5.78. The summed E-state index contributed by atoms with van der Waals surface area (Å²) in [4.78, 5) is 22.9. The minimum absolute atomic E-state index is 0. The fourth-order valence-electron chi connectivity index (χ4n) is 4.11. The number of likely N-dealkylation sites (tertiary alicyclic amines) is 1. The molecule has 8 heteroatoms. The number of aliphatic imine (C=N–C) groups is 1. The third kappa shape index (κ3) is 6.35. The summed E-state index contributed by atoms with van der Waals surface area (Å²) in [5, 5.41) is 3.41. The van der Waals surface area contributed by atoms with Crippen molar-refractivity contribution in [3.05, 3.63) is 18.7 Å². The van der Waals surface area contributed by atoms with Crippen LogP contribution in [-0.2, 0) is 9.53 Å². The lowest BCUT2D eigenvalue weighted by atomic mass is 9.93. The molecule has 0 bridgehead atoms. The van der Waals surface area contributed by atoms with Gasteiger partial charge in [-0.2, -0.15) is 0 Å². The third-order valence-corrected chi connectivity index (χ3v) is 5.78. The van der Waals surface area contributed by atoms with Gasteiger partial charge >= 0.3 is 5.97 Å². The van der Waals surface area contributed by atoms with Crippen molar-refractivity contribution in [2.75, 3.05) is 26.7 Å². The first kappa shape index (κ1) is 23.0. The molecular weight excluding hydrogens is 469 g/mol. The van der Waals surface area contributed by atoms with E-state index in [4.69, 9.17) is 4.74 Å². The van der Waals surface area contributed by atoms with Crippen LogP contribution in [0.1, 0.15) is 57.9 Å². The summed E-state index contributed by atoms with van der Waals surface area (Å²) < 4.78 is 7.71. The van der Waals surface area contributed by atoms with Crippen LogP contribution < -0.4 is 5.32 Å². The monoisotopic (exact) mass is 503 g/mol. The number of nitrogens with zero attached hydrogens (tertiary/aromatic N) is 4. The Kier molecular flexibility index (Phi) is 9.53. The maximum atomic E-state index is 11.9. The predicted octanol–water partition coefficient (Wildman–Crippen LogP) is 3.23. The molecule has 2 fully saturated rings. The number of esters is 1. The summed E-state index contributed by atoms with van der Waals surface area (Å²) in [6.45, 7) is 4.94. The van der Waals surface area contributed by atoms with Crippen LogP contribution in [0.25, 0.3) is 0 Å². The summed E-state index contributed by atoms with van der Waals surface area (Å²) >= 11 is 0. The van der Waals surface area contributed by atoms with Gasteiger partial charge in [0.25, 0.3) is 0 Å². The number of halogens is 1. The Hall–Kier alpha value is -1.32. The topological polar surface area (TPSA) is 71.8 Å². The number of guanidine groups is 1. The van der Waals surface area contributed by atoms with Crippen molar-refractivity contribution in [2.45, 2.75) is 64.0 Å². The maximum absolute atomic E-state index is 11.9. The molecule has 0 radical (unpaired) electrons. The largest absolute Gasteiger partial charge is 0.462 e. The summed E-state index contributed by atoms with van der Waals surface area (Å²) in [7, 11) is 1.82. The fraction of sp³-hybridized carbons (Fsp3) is 0.750. The van der Waals surface area contributed by atoms with E-state index in [1.165, 1.54) is 12.8 Å². The molecule has 0 amide bonds. The number of rotatable bonds is 6. The second-order valence-electron chi connectivity index (χ2n) is 7.76. The van der Waals surface area contributed by atoms with Crippen LogP contribution in [0, 0.1) is 5.92 Å². The number of ether oxygens (including phenoxy) is 1. The number of carbonyl (C=O) groups is 1. The molecule has 2 atom stereocenters. The lowest BCUT2D eigenvalue weighted by molar-refractivity contribution is -0.148. The van der Waals surface area contributed by atoms with Crippen molar-refractivity contribution < 1.29 is 9.53 Å². The predicted molar refractivity (Wildman–Crippen MR) is 121 cm³/mol. The molecular formula is C20H34IN5O2. The molecule has 1 aliphatic carbocycles. The number of imidazole rings is 1. The Bertz CT molecular complexity index is 616. The van der Waals surface area contributed by atoms with Crippen molar-refractivity contribution in [3.63, 3.8) is 0 Å². The minimum Gasteiger partial charge on any atom is -0.462 e. The van der Waals surface area contributed by atoms with Crippen LogP contribution in [0.5, 0.6) is 0 Å². The zero-order valence-electron chi connectivity index (χ0n) is 17.0. The van der Waals surface area contributed by atoms with Gasteiger partial charge in [0.15, 0.2) is 5.96 Å². The van der Waals surface area contributed by atoms with E-state index in [9.17, 15) is 4.79 Å². The second kappa shape index (κ2) is 11.6. The maximum Gasteiger partial charge on any atom is 0.306 e. The summed E-state index contributed by atoms with van der Waals surface area (Å²) in [5.41, 5.74) is 0. The Morgan fingerprint density at radius 2 is 2.11 bits per heavy atom. The number of aromatic nitrogens is 2. The highest BCUT2D eigenvalue weighted by molar-refractivity contribution is 14.0. The van der Waals surface area contributed by atoms with Gasteiger partial charge in [-0.1, -0.05) is 6.92 Å². The Morgan fingerprint density at radius 3 is 2.79 bits per heavy atom. The molecule has 2 heterocycles. The van der Waals surface area contributed by atoms with E-state index in [1.807, 2.05) is 25.8 Å². The van der Waals surface area contributed by atoms with E-state index >= 15 is 0 Å². The standard InChI is InChI=1S/C20H33N5O2.HI/c1-16-9-12-24(14-18(16)25-13-11-22-15-25)20(21-2)23-10-5-8-19(26)27-17-6-3-4-7-17;/h11,13,15-18H,3-10,12,14H2,1-2H3,(H,21,23);1H. The SMILES string of the molecule is CN=C(NCCCC(=O)OC1CCCC1)N1CCC(C)C(n2ccnc2)C1.I. The van der Waals surface area contributed by atoms with Crippen LogP contribution in [0.4, 0.5) is 0 Å². The lowest BCUT2D eigenvalue weighted by Gasteiger charge is -2.39. The van der Waals surface area contributed by atoms with Crippen molar-refractivity contribution >= 4 is 35.9 Å². The Balaban J connectivity index is 0.00000280. The average Bonchev–Trinajstić information content (AvgIpc) is 3.36. The van der Waals surface area contributed by atoms with Crippen molar-refractivity contribution in [1.29, 1.82) is 0 Å². The zero-order chi connectivity index (χ0) is 19.1. The van der Waals surface area contributed by atoms with Gasteiger partial charge in [-0.25, -0.2) is 4.98 Å². The molecule has 2 aliphatic rings. The van der Waals surface area contributed by atoms with Crippen LogP contribution in [0.15, 0.2) is 23.7 Å². The first-order chi connectivity index (χ1) is 13.2. The van der Waals surface area contributed by atoms with Crippen LogP contribution >= 0.6 is 24.0 Å². The molecule has 28 heavy (non-hydrogen) atoms. The van der Waals surface area contributed by atoms with Crippen molar-refractivity contribution in [2.24, 2.45) is 10.9 Å².